The molecule has 1 fully saturated rings. The van der Waals surface area contributed by atoms with E-state index in [4.69, 9.17) is 11.5 Å². The van der Waals surface area contributed by atoms with Gasteiger partial charge in [0.15, 0.2) is 0 Å². The molecule has 0 radical (unpaired) electrons. The molecule has 0 saturated carbocycles. The summed E-state index contributed by atoms with van der Waals surface area (Å²) >= 11 is 0. The average molecular weight is 209 g/mol. The number of anilines is 2. The van der Waals surface area contributed by atoms with E-state index in [-0.39, 0.29) is 17.5 Å². The van der Waals surface area contributed by atoms with Crippen molar-refractivity contribution < 1.29 is 0 Å². The van der Waals surface area contributed by atoms with E-state index in [1.54, 1.807) is 0 Å². The number of hydrogen-bond acceptors (Lipinski definition) is 5. The minimum Gasteiger partial charge on any atom is -0.369 e. The third kappa shape index (κ3) is 2.27. The predicted molar refractivity (Wildman–Crippen MR) is 58.7 cm³/mol. The Kier molecular flexibility index (Phi) is 2.59. The summed E-state index contributed by atoms with van der Waals surface area (Å²) in [6.45, 7) is 1.61. The van der Waals surface area contributed by atoms with Crippen molar-refractivity contribution in [3.05, 3.63) is 16.4 Å². The number of aromatic amines is 1. The highest BCUT2D eigenvalue weighted by molar-refractivity contribution is 5.41. The molecule has 1 aromatic rings. The molecule has 2 heterocycles. The quantitative estimate of drug-likeness (QED) is 0.566. The number of nitrogen functional groups attached to an aromatic ring is 1. The molecular weight excluding hydrogens is 194 g/mol. The van der Waals surface area contributed by atoms with Crippen LogP contribution in [0, 0.1) is 0 Å². The number of nitrogens with two attached hydrogens (primary N) is 2. The average Bonchev–Trinajstić information content (AvgIpc) is 2.16. The second kappa shape index (κ2) is 3.90. The molecule has 1 saturated heterocycles. The summed E-state index contributed by atoms with van der Waals surface area (Å²) in [5.74, 6) is 0.767. The van der Waals surface area contributed by atoms with Crippen molar-refractivity contribution in [3.63, 3.8) is 0 Å². The predicted octanol–water partition coefficient (Wildman–Crippen LogP) is -0.720. The highest BCUT2D eigenvalue weighted by Crippen LogP contribution is 2.15. The van der Waals surface area contributed by atoms with Gasteiger partial charge < -0.3 is 16.4 Å². The van der Waals surface area contributed by atoms with Crippen LogP contribution in [0.2, 0.25) is 0 Å². The molecule has 0 unspecified atom stereocenters. The fourth-order valence-electron chi connectivity index (χ4n) is 1.84. The summed E-state index contributed by atoms with van der Waals surface area (Å²) in [6.07, 6.45) is 2.05. The van der Waals surface area contributed by atoms with Crippen LogP contribution >= 0.6 is 0 Å². The molecule has 1 aromatic heterocycles. The van der Waals surface area contributed by atoms with E-state index < -0.39 is 0 Å². The molecule has 15 heavy (non-hydrogen) atoms. The van der Waals surface area contributed by atoms with Crippen molar-refractivity contribution in [2.75, 3.05) is 23.7 Å². The first-order valence-electron chi connectivity index (χ1n) is 5.02. The molecule has 6 nitrogen and oxygen atoms in total. The van der Waals surface area contributed by atoms with Crippen molar-refractivity contribution in [2.45, 2.75) is 18.9 Å². The Morgan fingerprint density at radius 2 is 2.40 bits per heavy atom. The van der Waals surface area contributed by atoms with E-state index in [0.717, 1.165) is 25.9 Å². The van der Waals surface area contributed by atoms with Gasteiger partial charge in [-0.05, 0) is 12.8 Å². The smallest absolute Gasteiger partial charge is 0.254 e. The van der Waals surface area contributed by atoms with Crippen LogP contribution in [0.15, 0.2) is 10.9 Å². The van der Waals surface area contributed by atoms with Crippen molar-refractivity contribution >= 4 is 11.8 Å². The van der Waals surface area contributed by atoms with Gasteiger partial charge in [-0.25, -0.2) is 0 Å². The molecule has 6 heteroatoms. The molecule has 5 N–H and O–H groups in total. The molecule has 0 aliphatic carbocycles. The van der Waals surface area contributed by atoms with E-state index in [1.807, 2.05) is 4.90 Å². The summed E-state index contributed by atoms with van der Waals surface area (Å²) in [4.78, 5) is 19.7. The van der Waals surface area contributed by atoms with Crippen LogP contribution in [0.4, 0.5) is 11.8 Å². The Morgan fingerprint density at radius 1 is 1.60 bits per heavy atom. The Labute approximate surface area is 87.3 Å². The zero-order valence-corrected chi connectivity index (χ0v) is 8.44. The standard InChI is InChI=1S/C9H15N5O/c10-6-2-1-3-14(5-6)7-4-8(15)13-9(11)12-7/h4,6H,1-3,5,10H2,(H3,11,12,13,15)/t6-/m1/s1. The minimum atomic E-state index is -0.225. The van der Waals surface area contributed by atoms with Gasteiger partial charge >= 0.3 is 0 Å². The maximum atomic E-state index is 11.2. The largest absolute Gasteiger partial charge is 0.369 e. The maximum absolute atomic E-state index is 11.2. The van der Waals surface area contributed by atoms with Gasteiger partial charge in [-0.3, -0.25) is 9.78 Å². The van der Waals surface area contributed by atoms with Crippen LogP contribution in [0.25, 0.3) is 0 Å². The summed E-state index contributed by atoms with van der Waals surface area (Å²) in [6, 6.07) is 1.61. The molecule has 1 aliphatic rings. The molecule has 0 aromatic carbocycles. The van der Waals surface area contributed by atoms with Crippen molar-refractivity contribution in [1.29, 1.82) is 0 Å². The van der Waals surface area contributed by atoms with E-state index in [2.05, 4.69) is 9.97 Å². The van der Waals surface area contributed by atoms with E-state index in [1.165, 1.54) is 6.07 Å². The Balaban J connectivity index is 2.24. The first-order valence-corrected chi connectivity index (χ1v) is 5.02. The number of rotatable bonds is 1. The van der Waals surface area contributed by atoms with Crippen LogP contribution in [0.3, 0.4) is 0 Å². The minimum absolute atomic E-state index is 0.150. The number of H-pyrrole nitrogens is 1. The summed E-state index contributed by atoms with van der Waals surface area (Å²) in [5.41, 5.74) is 11.1. The Morgan fingerprint density at radius 3 is 3.07 bits per heavy atom. The third-order valence-electron chi connectivity index (χ3n) is 2.53. The Hall–Kier alpha value is -1.56. The molecular formula is C9H15N5O. The normalized spacial score (nSPS) is 21.7. The van der Waals surface area contributed by atoms with Gasteiger partial charge in [-0.2, -0.15) is 4.98 Å². The number of nitrogens with one attached hydrogen (secondary N) is 1. The number of piperidine rings is 1. The van der Waals surface area contributed by atoms with Gasteiger partial charge in [-0.1, -0.05) is 0 Å². The highest BCUT2D eigenvalue weighted by Gasteiger charge is 2.18. The van der Waals surface area contributed by atoms with Gasteiger partial charge in [0.1, 0.15) is 5.82 Å². The molecule has 0 amide bonds. The van der Waals surface area contributed by atoms with Crippen LogP contribution < -0.4 is 21.9 Å². The topological polar surface area (TPSA) is 101 Å². The summed E-state index contributed by atoms with van der Waals surface area (Å²) in [5, 5.41) is 0. The van der Waals surface area contributed by atoms with E-state index in [0.29, 0.717) is 5.82 Å². The second-order valence-corrected chi connectivity index (χ2v) is 3.84. The number of hydrogen-bond donors (Lipinski definition) is 3. The van der Waals surface area contributed by atoms with Gasteiger partial charge in [0, 0.05) is 25.2 Å². The Bertz CT molecular complexity index is 402. The van der Waals surface area contributed by atoms with Crippen LogP contribution in [-0.2, 0) is 0 Å². The summed E-state index contributed by atoms with van der Waals surface area (Å²) in [7, 11) is 0. The first-order chi connectivity index (χ1) is 7.15. The van der Waals surface area contributed by atoms with Crippen molar-refractivity contribution in [3.8, 4) is 0 Å². The lowest BCUT2D eigenvalue weighted by Gasteiger charge is -2.31. The zero-order chi connectivity index (χ0) is 10.8. The molecule has 0 spiro atoms. The fraction of sp³-hybridized carbons (Fsp3) is 0.556. The third-order valence-corrected chi connectivity index (χ3v) is 2.53. The molecule has 1 aliphatic heterocycles. The van der Waals surface area contributed by atoms with Gasteiger partial charge in [0.25, 0.3) is 5.56 Å². The van der Waals surface area contributed by atoms with E-state index >= 15 is 0 Å². The number of aromatic nitrogens is 2. The van der Waals surface area contributed by atoms with Gasteiger partial charge in [0.05, 0.1) is 0 Å². The highest BCUT2D eigenvalue weighted by atomic mass is 16.1. The van der Waals surface area contributed by atoms with Crippen LogP contribution in [0.5, 0.6) is 0 Å². The molecule has 1 atom stereocenters. The molecule has 82 valence electrons. The molecule has 0 bridgehead atoms. The van der Waals surface area contributed by atoms with Gasteiger partial charge in [-0.15, -0.1) is 0 Å². The van der Waals surface area contributed by atoms with Gasteiger partial charge in [0.2, 0.25) is 5.95 Å². The first kappa shape index (κ1) is 9.97. The lowest BCUT2D eigenvalue weighted by molar-refractivity contribution is 0.503. The zero-order valence-electron chi connectivity index (χ0n) is 8.44. The molecule has 2 rings (SSSR count). The van der Waals surface area contributed by atoms with Crippen molar-refractivity contribution in [2.24, 2.45) is 5.73 Å². The van der Waals surface area contributed by atoms with Crippen LogP contribution in [0.1, 0.15) is 12.8 Å². The second-order valence-electron chi connectivity index (χ2n) is 3.84. The summed E-state index contributed by atoms with van der Waals surface area (Å²) < 4.78 is 0. The number of nitrogens with zero attached hydrogens (tertiary/aromatic N) is 2. The van der Waals surface area contributed by atoms with Crippen LogP contribution in [-0.4, -0.2) is 29.1 Å². The monoisotopic (exact) mass is 209 g/mol. The SMILES string of the molecule is Nc1nc(N2CCC[C@@H](N)C2)cc(=O)[nH]1. The lowest BCUT2D eigenvalue weighted by Crippen LogP contribution is -2.43. The van der Waals surface area contributed by atoms with E-state index in [9.17, 15) is 4.79 Å². The lowest BCUT2D eigenvalue weighted by atomic mass is 10.1. The van der Waals surface area contributed by atoms with Crippen molar-refractivity contribution in [1.82, 2.24) is 9.97 Å². The fourth-order valence-corrected chi connectivity index (χ4v) is 1.84. The maximum Gasteiger partial charge on any atom is 0.254 e.